The van der Waals surface area contributed by atoms with E-state index in [4.69, 9.17) is 21.6 Å². The van der Waals surface area contributed by atoms with Gasteiger partial charge in [0.25, 0.3) is 0 Å². The van der Waals surface area contributed by atoms with Crippen LogP contribution in [0.3, 0.4) is 0 Å². The summed E-state index contributed by atoms with van der Waals surface area (Å²) in [6.45, 7) is 2.55. The van der Waals surface area contributed by atoms with Gasteiger partial charge in [0, 0.05) is 6.54 Å². The summed E-state index contributed by atoms with van der Waals surface area (Å²) in [6, 6.07) is 0.0468. The Balaban J connectivity index is 2.14. The van der Waals surface area contributed by atoms with Crippen molar-refractivity contribution in [1.82, 2.24) is 9.97 Å². The molecule has 2 aliphatic heterocycles. The first-order valence-corrected chi connectivity index (χ1v) is 6.51. The molecule has 6 N–H and O–H groups in total. The standard InChI is InChI=1S/C12H18N6O2/c1-12(19)3-2-6-4-20-9(14)7-8(13)16-11(15)17-10(7)18(6)5-12/h6,14,19H,2-5H2,1H3,(H4,13,15,16,17). The number of aromatic nitrogens is 2. The minimum Gasteiger partial charge on any atom is -0.475 e. The smallest absolute Gasteiger partial charge is 0.223 e. The SMILES string of the molecule is CC1(O)CCC2COC(=N)c3c(N)nc(N)nc3N2C1. The molecule has 0 aromatic carbocycles. The monoisotopic (exact) mass is 278 g/mol. The van der Waals surface area contributed by atoms with Crippen LogP contribution in [0.2, 0.25) is 0 Å². The molecule has 0 radical (unpaired) electrons. The molecule has 2 aliphatic rings. The van der Waals surface area contributed by atoms with Gasteiger partial charge in [0.05, 0.1) is 11.6 Å². The lowest BCUT2D eigenvalue weighted by atomic mass is 9.90. The summed E-state index contributed by atoms with van der Waals surface area (Å²) in [5.74, 6) is 0.609. The van der Waals surface area contributed by atoms with Crippen LogP contribution in [0.1, 0.15) is 25.3 Å². The van der Waals surface area contributed by atoms with Crippen molar-refractivity contribution in [2.45, 2.75) is 31.4 Å². The van der Waals surface area contributed by atoms with Gasteiger partial charge in [0.1, 0.15) is 23.8 Å². The van der Waals surface area contributed by atoms with E-state index in [1.54, 1.807) is 6.92 Å². The van der Waals surface area contributed by atoms with Crippen molar-refractivity contribution >= 4 is 23.5 Å². The molecule has 8 nitrogen and oxygen atoms in total. The first-order valence-electron chi connectivity index (χ1n) is 6.51. The summed E-state index contributed by atoms with van der Waals surface area (Å²) in [7, 11) is 0. The van der Waals surface area contributed by atoms with Gasteiger partial charge in [-0.25, -0.2) is 0 Å². The zero-order valence-corrected chi connectivity index (χ0v) is 11.3. The van der Waals surface area contributed by atoms with E-state index < -0.39 is 5.60 Å². The molecule has 2 unspecified atom stereocenters. The summed E-state index contributed by atoms with van der Waals surface area (Å²) in [5.41, 5.74) is 11.1. The molecule has 0 amide bonds. The second kappa shape index (κ2) is 4.20. The number of aliphatic hydroxyl groups is 1. The van der Waals surface area contributed by atoms with Crippen LogP contribution in [0.25, 0.3) is 0 Å². The van der Waals surface area contributed by atoms with Crippen molar-refractivity contribution < 1.29 is 9.84 Å². The Hall–Kier alpha value is -2.09. The molecule has 1 aromatic rings. The minimum atomic E-state index is -0.811. The number of nitrogen functional groups attached to an aromatic ring is 2. The summed E-state index contributed by atoms with van der Waals surface area (Å²) < 4.78 is 5.45. The van der Waals surface area contributed by atoms with E-state index in [2.05, 4.69) is 9.97 Å². The number of hydrogen-bond donors (Lipinski definition) is 4. The zero-order chi connectivity index (χ0) is 14.5. The van der Waals surface area contributed by atoms with Crippen LogP contribution in [0.4, 0.5) is 17.6 Å². The van der Waals surface area contributed by atoms with E-state index >= 15 is 0 Å². The molecule has 3 rings (SSSR count). The Morgan fingerprint density at radius 1 is 1.45 bits per heavy atom. The van der Waals surface area contributed by atoms with E-state index in [9.17, 15) is 5.11 Å². The number of hydrogen-bond acceptors (Lipinski definition) is 8. The summed E-state index contributed by atoms with van der Waals surface area (Å²) in [5, 5.41) is 18.3. The van der Waals surface area contributed by atoms with Gasteiger partial charge in [0.15, 0.2) is 0 Å². The van der Waals surface area contributed by atoms with E-state index in [0.717, 1.165) is 6.42 Å². The first-order chi connectivity index (χ1) is 9.37. The fourth-order valence-electron chi connectivity index (χ4n) is 2.79. The van der Waals surface area contributed by atoms with Crippen LogP contribution < -0.4 is 16.4 Å². The lowest BCUT2D eigenvalue weighted by Gasteiger charge is -2.42. The number of anilines is 3. The van der Waals surface area contributed by atoms with Gasteiger partial charge in [-0.2, -0.15) is 9.97 Å². The van der Waals surface area contributed by atoms with Crippen molar-refractivity contribution in [1.29, 1.82) is 5.41 Å². The Morgan fingerprint density at radius 2 is 2.20 bits per heavy atom. The quantitative estimate of drug-likeness (QED) is 0.512. The van der Waals surface area contributed by atoms with E-state index in [0.29, 0.717) is 31.0 Å². The third kappa shape index (κ3) is 2.01. The molecule has 1 aromatic heterocycles. The summed E-state index contributed by atoms with van der Waals surface area (Å²) in [4.78, 5) is 10.0. The topological polar surface area (TPSA) is 134 Å². The minimum absolute atomic E-state index is 0.0468. The molecule has 0 saturated carbocycles. The highest BCUT2D eigenvalue weighted by Crippen LogP contribution is 2.35. The summed E-state index contributed by atoms with van der Waals surface area (Å²) in [6.07, 6.45) is 1.43. The van der Waals surface area contributed by atoms with Crippen LogP contribution in [0.15, 0.2) is 0 Å². The van der Waals surface area contributed by atoms with Gasteiger partial charge < -0.3 is 26.2 Å². The maximum absolute atomic E-state index is 10.3. The zero-order valence-electron chi connectivity index (χ0n) is 11.3. The van der Waals surface area contributed by atoms with Crippen molar-refractivity contribution in [2.24, 2.45) is 0 Å². The third-order valence-corrected chi connectivity index (χ3v) is 3.82. The molecule has 0 aliphatic carbocycles. The van der Waals surface area contributed by atoms with Crippen LogP contribution >= 0.6 is 0 Å². The maximum atomic E-state index is 10.3. The second-order valence-electron chi connectivity index (χ2n) is 5.62. The number of fused-ring (bicyclic) bond motifs is 3. The van der Waals surface area contributed by atoms with Crippen LogP contribution in [0.5, 0.6) is 0 Å². The molecular formula is C12H18N6O2. The van der Waals surface area contributed by atoms with E-state index in [-0.39, 0.29) is 23.7 Å². The second-order valence-corrected chi connectivity index (χ2v) is 5.62. The fraction of sp³-hybridized carbons (Fsp3) is 0.583. The molecule has 20 heavy (non-hydrogen) atoms. The predicted octanol–water partition coefficient (Wildman–Crippen LogP) is -0.284. The molecule has 3 heterocycles. The van der Waals surface area contributed by atoms with Crippen molar-refractivity contribution in [2.75, 3.05) is 29.5 Å². The lowest BCUT2D eigenvalue weighted by molar-refractivity contribution is 0.0318. The highest BCUT2D eigenvalue weighted by molar-refractivity contribution is 6.01. The molecule has 8 heteroatoms. The van der Waals surface area contributed by atoms with Crippen LogP contribution in [-0.2, 0) is 4.74 Å². The normalized spacial score (nSPS) is 29.2. The first kappa shape index (κ1) is 12.9. The Labute approximate surface area is 116 Å². The molecule has 0 spiro atoms. The van der Waals surface area contributed by atoms with Crippen LogP contribution in [0, 0.1) is 5.41 Å². The highest BCUT2D eigenvalue weighted by atomic mass is 16.5. The molecule has 1 fully saturated rings. The van der Waals surface area contributed by atoms with Gasteiger partial charge >= 0.3 is 0 Å². The van der Waals surface area contributed by atoms with Crippen molar-refractivity contribution in [3.05, 3.63) is 5.56 Å². The number of nitrogens with two attached hydrogens (primary N) is 2. The average Bonchev–Trinajstić information content (AvgIpc) is 2.47. The fourth-order valence-corrected chi connectivity index (χ4v) is 2.79. The predicted molar refractivity (Wildman–Crippen MR) is 74.6 cm³/mol. The number of rotatable bonds is 0. The molecule has 0 bridgehead atoms. The Morgan fingerprint density at radius 3 is 2.95 bits per heavy atom. The van der Waals surface area contributed by atoms with Gasteiger partial charge in [0.2, 0.25) is 11.8 Å². The molecule has 108 valence electrons. The van der Waals surface area contributed by atoms with Gasteiger partial charge in [-0.3, -0.25) is 5.41 Å². The number of piperidine rings is 1. The highest BCUT2D eigenvalue weighted by Gasteiger charge is 2.39. The van der Waals surface area contributed by atoms with Crippen molar-refractivity contribution in [3.63, 3.8) is 0 Å². The molecule has 1 saturated heterocycles. The average molecular weight is 278 g/mol. The summed E-state index contributed by atoms with van der Waals surface area (Å²) >= 11 is 0. The van der Waals surface area contributed by atoms with E-state index in [1.165, 1.54) is 0 Å². The van der Waals surface area contributed by atoms with Crippen LogP contribution in [-0.4, -0.2) is 45.8 Å². The maximum Gasteiger partial charge on any atom is 0.223 e. The molecular weight excluding hydrogens is 260 g/mol. The van der Waals surface area contributed by atoms with Gasteiger partial charge in [-0.15, -0.1) is 0 Å². The largest absolute Gasteiger partial charge is 0.475 e. The third-order valence-electron chi connectivity index (χ3n) is 3.82. The van der Waals surface area contributed by atoms with Gasteiger partial charge in [-0.1, -0.05) is 0 Å². The Bertz CT molecular complexity index is 573. The molecule has 2 atom stereocenters. The Kier molecular flexibility index (Phi) is 2.72. The number of nitrogens with one attached hydrogen (secondary N) is 1. The number of ether oxygens (including phenoxy) is 1. The lowest BCUT2D eigenvalue weighted by Crippen LogP contribution is -2.53. The van der Waals surface area contributed by atoms with Gasteiger partial charge in [-0.05, 0) is 19.8 Å². The van der Waals surface area contributed by atoms with E-state index in [1.807, 2.05) is 4.90 Å². The number of nitrogens with zero attached hydrogens (tertiary/aromatic N) is 3. The van der Waals surface area contributed by atoms with Crippen molar-refractivity contribution in [3.8, 4) is 0 Å².